The molecule has 37 heavy (non-hydrogen) atoms. The Hall–Kier alpha value is -3.97. The van der Waals surface area contributed by atoms with Crippen LogP contribution in [0.2, 0.25) is 0 Å². The zero-order chi connectivity index (χ0) is 25.8. The van der Waals surface area contributed by atoms with Gasteiger partial charge in [-0.1, -0.05) is 49.4 Å². The van der Waals surface area contributed by atoms with Crippen LogP contribution in [0.3, 0.4) is 0 Å². The van der Waals surface area contributed by atoms with Crippen LogP contribution in [0.5, 0.6) is 5.75 Å². The molecule has 2 heterocycles. The van der Waals surface area contributed by atoms with Gasteiger partial charge in [0.1, 0.15) is 5.82 Å². The summed E-state index contributed by atoms with van der Waals surface area (Å²) in [4.78, 5) is 30.0. The van der Waals surface area contributed by atoms with Gasteiger partial charge in [-0.2, -0.15) is 0 Å². The van der Waals surface area contributed by atoms with Gasteiger partial charge in [0.25, 0.3) is 11.8 Å². The molecule has 2 amide bonds. The van der Waals surface area contributed by atoms with Crippen molar-refractivity contribution in [2.24, 2.45) is 0 Å². The van der Waals surface area contributed by atoms with E-state index in [1.54, 1.807) is 60.7 Å². The lowest BCUT2D eigenvalue weighted by molar-refractivity contribution is -0.117. The van der Waals surface area contributed by atoms with Crippen LogP contribution < -0.4 is 15.0 Å². The van der Waals surface area contributed by atoms with E-state index in [9.17, 15) is 14.0 Å². The number of nitrogens with one attached hydrogen (secondary N) is 1. The Morgan fingerprint density at radius 2 is 1.84 bits per heavy atom. The Bertz CT molecular complexity index is 1320. The van der Waals surface area contributed by atoms with Gasteiger partial charge >= 0.3 is 0 Å². The summed E-state index contributed by atoms with van der Waals surface area (Å²) in [5.41, 5.74) is 2.29. The predicted molar refractivity (Wildman–Crippen MR) is 142 cm³/mol. The first-order valence-corrected chi connectivity index (χ1v) is 12.7. The molecular formula is C30H30FN3O3. The van der Waals surface area contributed by atoms with Crippen LogP contribution in [-0.2, 0) is 11.3 Å². The number of halogens is 1. The molecule has 6 nitrogen and oxygen atoms in total. The van der Waals surface area contributed by atoms with Crippen molar-refractivity contribution in [2.75, 3.05) is 24.5 Å². The molecule has 0 radical (unpaired) electrons. The topological polar surface area (TPSA) is 61.9 Å². The summed E-state index contributed by atoms with van der Waals surface area (Å²) in [6.07, 6.45) is 3.92. The van der Waals surface area contributed by atoms with E-state index in [4.69, 9.17) is 4.74 Å². The second-order valence-electron chi connectivity index (χ2n) is 9.32. The Labute approximate surface area is 216 Å². The number of likely N-dealkylation sites (N-methyl/N-ethyl adjacent to an activating group) is 1. The molecule has 0 aromatic heterocycles. The summed E-state index contributed by atoms with van der Waals surface area (Å²) in [5, 5.41) is 3.05. The van der Waals surface area contributed by atoms with Crippen molar-refractivity contribution >= 4 is 23.6 Å². The van der Waals surface area contributed by atoms with Gasteiger partial charge in [0.05, 0.1) is 12.2 Å². The molecule has 0 saturated carbocycles. The first-order chi connectivity index (χ1) is 18.0. The highest BCUT2D eigenvalue weighted by Gasteiger charge is 2.31. The number of anilines is 1. The van der Waals surface area contributed by atoms with Crippen molar-refractivity contribution in [3.8, 4) is 5.75 Å². The number of carbonyl (C=O) groups is 2. The van der Waals surface area contributed by atoms with E-state index in [1.165, 1.54) is 17.4 Å². The van der Waals surface area contributed by atoms with Crippen LogP contribution in [0.15, 0.2) is 78.6 Å². The molecular weight excluding hydrogens is 469 g/mol. The van der Waals surface area contributed by atoms with Gasteiger partial charge < -0.3 is 10.1 Å². The molecule has 3 aromatic carbocycles. The number of para-hydroxylation sites is 2. The lowest BCUT2D eigenvalue weighted by Crippen LogP contribution is -2.40. The largest absolute Gasteiger partial charge is 0.449 e. The minimum absolute atomic E-state index is 0.0821. The van der Waals surface area contributed by atoms with Crippen molar-refractivity contribution in [3.05, 3.63) is 101 Å². The number of likely N-dealkylation sites (tertiary alicyclic amines) is 1. The van der Waals surface area contributed by atoms with Crippen LogP contribution in [-0.4, -0.2) is 42.4 Å². The first-order valence-electron chi connectivity index (χ1n) is 12.7. The molecule has 7 heteroatoms. The summed E-state index contributed by atoms with van der Waals surface area (Å²) in [6.45, 7) is 4.94. The maximum absolute atomic E-state index is 14.4. The molecule has 1 fully saturated rings. The summed E-state index contributed by atoms with van der Waals surface area (Å²) >= 11 is 0. The maximum Gasteiger partial charge on any atom is 0.294 e. The number of rotatable bonds is 7. The molecule has 0 bridgehead atoms. The molecule has 2 aliphatic rings. The van der Waals surface area contributed by atoms with E-state index in [0.29, 0.717) is 35.2 Å². The summed E-state index contributed by atoms with van der Waals surface area (Å²) in [6, 6.07) is 21.1. The molecule has 3 aromatic rings. The summed E-state index contributed by atoms with van der Waals surface area (Å²) in [5.74, 6) is -0.186. The molecule has 190 valence electrons. The third-order valence-corrected chi connectivity index (χ3v) is 6.99. The summed E-state index contributed by atoms with van der Waals surface area (Å²) < 4.78 is 20.3. The third-order valence-electron chi connectivity index (χ3n) is 6.99. The van der Waals surface area contributed by atoms with Crippen LogP contribution in [0.25, 0.3) is 6.08 Å². The Balaban J connectivity index is 1.32. The van der Waals surface area contributed by atoms with E-state index in [2.05, 4.69) is 17.1 Å². The van der Waals surface area contributed by atoms with E-state index < -0.39 is 0 Å². The van der Waals surface area contributed by atoms with Crippen molar-refractivity contribution in [2.45, 2.75) is 32.4 Å². The molecule has 0 unspecified atom stereocenters. The number of nitrogens with zero attached hydrogens (tertiary/aromatic N) is 2. The third kappa shape index (κ3) is 5.42. The monoisotopic (exact) mass is 499 g/mol. The SMILES string of the molecule is CCN1CCC[C@H]1CNC(=O)c1ccc(/C=C2\Oc3ccccc3N(Cc3ccccc3F)C2=O)cc1. The Morgan fingerprint density at radius 3 is 2.62 bits per heavy atom. The number of amides is 2. The average Bonchev–Trinajstić information content (AvgIpc) is 3.39. The highest BCUT2D eigenvalue weighted by molar-refractivity contribution is 6.09. The van der Waals surface area contributed by atoms with Crippen molar-refractivity contribution in [1.29, 1.82) is 0 Å². The van der Waals surface area contributed by atoms with Gasteiger partial charge in [-0.3, -0.25) is 19.4 Å². The molecule has 1 atom stereocenters. The van der Waals surface area contributed by atoms with Crippen molar-refractivity contribution in [1.82, 2.24) is 10.2 Å². The number of fused-ring (bicyclic) bond motifs is 1. The fraction of sp³-hybridized carbons (Fsp3) is 0.267. The second kappa shape index (κ2) is 11.0. The smallest absolute Gasteiger partial charge is 0.294 e. The quantitative estimate of drug-likeness (QED) is 0.465. The fourth-order valence-corrected chi connectivity index (χ4v) is 4.95. The van der Waals surface area contributed by atoms with Gasteiger partial charge in [-0.05, 0) is 67.9 Å². The first kappa shape index (κ1) is 24.7. The van der Waals surface area contributed by atoms with Gasteiger partial charge in [0.15, 0.2) is 11.5 Å². The van der Waals surface area contributed by atoms with E-state index in [-0.39, 0.29) is 29.9 Å². The standard InChI is InChI=1S/C30H30FN3O3/c1-2-33-17-7-9-24(33)19-32-29(35)22-15-13-21(14-16-22)18-28-30(36)34(20-23-8-3-4-10-25(23)31)26-11-5-6-12-27(26)37-28/h3-6,8,10-16,18,24H,2,7,9,17,19-20H2,1H3,(H,32,35)/b28-18-/t24-/m0/s1. The molecule has 0 spiro atoms. The van der Waals surface area contributed by atoms with Crippen LogP contribution >= 0.6 is 0 Å². The van der Waals surface area contributed by atoms with Crippen molar-refractivity contribution < 1.29 is 18.7 Å². The molecule has 5 rings (SSSR count). The second-order valence-corrected chi connectivity index (χ2v) is 9.32. The summed E-state index contributed by atoms with van der Waals surface area (Å²) in [7, 11) is 0. The number of carbonyl (C=O) groups excluding carboxylic acids is 2. The average molecular weight is 500 g/mol. The molecule has 1 saturated heterocycles. The minimum atomic E-state index is -0.367. The minimum Gasteiger partial charge on any atom is -0.449 e. The fourth-order valence-electron chi connectivity index (χ4n) is 4.95. The van der Waals surface area contributed by atoms with E-state index >= 15 is 0 Å². The Kier molecular flexibility index (Phi) is 7.32. The van der Waals surface area contributed by atoms with Gasteiger partial charge in [-0.15, -0.1) is 0 Å². The van der Waals surface area contributed by atoms with Gasteiger partial charge in [-0.25, -0.2) is 4.39 Å². The van der Waals surface area contributed by atoms with Crippen LogP contribution in [0.4, 0.5) is 10.1 Å². The number of ether oxygens (including phenoxy) is 1. The van der Waals surface area contributed by atoms with Crippen LogP contribution in [0.1, 0.15) is 41.3 Å². The number of benzene rings is 3. The zero-order valence-electron chi connectivity index (χ0n) is 20.8. The van der Waals surface area contributed by atoms with Crippen molar-refractivity contribution in [3.63, 3.8) is 0 Å². The highest BCUT2D eigenvalue weighted by atomic mass is 19.1. The zero-order valence-corrected chi connectivity index (χ0v) is 20.8. The highest BCUT2D eigenvalue weighted by Crippen LogP contribution is 2.36. The van der Waals surface area contributed by atoms with E-state index in [1.807, 2.05) is 12.1 Å². The lowest BCUT2D eigenvalue weighted by Gasteiger charge is -2.30. The predicted octanol–water partition coefficient (Wildman–Crippen LogP) is 5.01. The number of hydrogen-bond acceptors (Lipinski definition) is 4. The van der Waals surface area contributed by atoms with Crippen LogP contribution in [0, 0.1) is 5.82 Å². The maximum atomic E-state index is 14.4. The lowest BCUT2D eigenvalue weighted by atomic mass is 10.1. The molecule has 2 aliphatic heterocycles. The number of hydrogen-bond donors (Lipinski definition) is 1. The Morgan fingerprint density at radius 1 is 1.08 bits per heavy atom. The van der Waals surface area contributed by atoms with Gasteiger partial charge in [0, 0.05) is 23.7 Å². The molecule has 0 aliphatic carbocycles. The normalized spacial score (nSPS) is 18.5. The van der Waals surface area contributed by atoms with Gasteiger partial charge in [0.2, 0.25) is 0 Å². The van der Waals surface area contributed by atoms with E-state index in [0.717, 1.165) is 25.1 Å². The molecule has 1 N–H and O–H groups in total.